The van der Waals surface area contributed by atoms with Crippen molar-refractivity contribution < 1.29 is 0 Å². The van der Waals surface area contributed by atoms with E-state index in [4.69, 9.17) is 11.6 Å². The molecule has 0 aliphatic rings. The average Bonchev–Trinajstić information content (AvgIpc) is 2.19. The zero-order valence-corrected chi connectivity index (χ0v) is 10.5. The van der Waals surface area contributed by atoms with Gasteiger partial charge in [0.25, 0.3) is 0 Å². The van der Waals surface area contributed by atoms with Crippen molar-refractivity contribution in [1.82, 2.24) is 9.97 Å². The van der Waals surface area contributed by atoms with Crippen LogP contribution < -0.4 is 0 Å². The second-order valence-corrected chi connectivity index (χ2v) is 4.55. The first-order chi connectivity index (χ1) is 6.70. The number of rotatable bonds is 1. The minimum Gasteiger partial charge on any atom is -0.233 e. The predicted octanol–water partition coefficient (Wildman–Crippen LogP) is 3.45. The summed E-state index contributed by atoms with van der Waals surface area (Å²) >= 11 is 8.31. The van der Waals surface area contributed by atoms with Gasteiger partial charge in [-0.25, -0.2) is 9.97 Å². The lowest BCUT2D eigenvalue weighted by atomic mass is 10.2. The van der Waals surface area contributed by atoms with Crippen LogP contribution in [0.5, 0.6) is 0 Å². The molecule has 14 heavy (non-hydrogen) atoms. The van der Waals surface area contributed by atoms with Crippen molar-refractivity contribution in [3.05, 3.63) is 32.7 Å². The van der Waals surface area contributed by atoms with E-state index in [-0.39, 0.29) is 0 Å². The molecule has 0 fully saturated rings. The Kier molecular flexibility index (Phi) is 2.88. The highest BCUT2D eigenvalue weighted by Gasteiger charge is 2.04. The zero-order chi connectivity index (χ0) is 10.1. The standard InChI is InChI=1S/C10H8ClIN2/c1-2-9-13-8-4-3-6(12)5-7(8)10(11)14-9/h3-5H,2H2,1H3. The first kappa shape index (κ1) is 10.1. The molecule has 0 aliphatic carbocycles. The molecule has 0 N–H and O–H groups in total. The molecular formula is C10H8ClIN2. The first-order valence-electron chi connectivity index (χ1n) is 4.32. The molecule has 2 rings (SSSR count). The monoisotopic (exact) mass is 318 g/mol. The van der Waals surface area contributed by atoms with E-state index in [1.165, 1.54) is 0 Å². The number of halogens is 2. The summed E-state index contributed by atoms with van der Waals surface area (Å²) < 4.78 is 1.14. The highest BCUT2D eigenvalue weighted by atomic mass is 127. The molecule has 1 aromatic carbocycles. The maximum absolute atomic E-state index is 6.06. The molecule has 4 heteroatoms. The molecule has 72 valence electrons. The summed E-state index contributed by atoms with van der Waals surface area (Å²) in [5, 5.41) is 1.47. The number of benzene rings is 1. The number of aromatic nitrogens is 2. The number of hydrogen-bond acceptors (Lipinski definition) is 2. The molecule has 2 nitrogen and oxygen atoms in total. The van der Waals surface area contributed by atoms with Gasteiger partial charge in [0.1, 0.15) is 11.0 Å². The first-order valence-corrected chi connectivity index (χ1v) is 5.78. The zero-order valence-electron chi connectivity index (χ0n) is 7.59. The van der Waals surface area contributed by atoms with Gasteiger partial charge in [-0.2, -0.15) is 0 Å². The minimum absolute atomic E-state index is 0.547. The number of hydrogen-bond donors (Lipinski definition) is 0. The number of fused-ring (bicyclic) bond motifs is 1. The van der Waals surface area contributed by atoms with Gasteiger partial charge < -0.3 is 0 Å². The summed E-state index contributed by atoms with van der Waals surface area (Å²) in [7, 11) is 0. The molecule has 0 radical (unpaired) electrons. The molecule has 0 saturated heterocycles. The fraction of sp³-hybridized carbons (Fsp3) is 0.200. The Labute approximate surface area is 101 Å². The minimum atomic E-state index is 0.547. The van der Waals surface area contributed by atoms with E-state index in [9.17, 15) is 0 Å². The van der Waals surface area contributed by atoms with Gasteiger partial charge in [-0.1, -0.05) is 18.5 Å². The summed E-state index contributed by atoms with van der Waals surface area (Å²) in [4.78, 5) is 8.61. The molecule has 1 heterocycles. The van der Waals surface area contributed by atoms with Crippen LogP contribution in [0.4, 0.5) is 0 Å². The molecule has 0 spiro atoms. The largest absolute Gasteiger partial charge is 0.233 e. The summed E-state index contributed by atoms with van der Waals surface area (Å²) in [5.74, 6) is 0.795. The van der Waals surface area contributed by atoms with E-state index >= 15 is 0 Å². The summed E-state index contributed by atoms with van der Waals surface area (Å²) in [6, 6.07) is 5.99. The highest BCUT2D eigenvalue weighted by Crippen LogP contribution is 2.22. The maximum Gasteiger partial charge on any atom is 0.140 e. The van der Waals surface area contributed by atoms with Crippen molar-refractivity contribution in [1.29, 1.82) is 0 Å². The molecule has 0 amide bonds. The van der Waals surface area contributed by atoms with E-state index in [1.54, 1.807) is 0 Å². The molecule has 0 unspecified atom stereocenters. The third-order valence-electron chi connectivity index (χ3n) is 1.97. The Hall–Kier alpha value is -0.420. The smallest absolute Gasteiger partial charge is 0.140 e. The van der Waals surface area contributed by atoms with E-state index in [1.807, 2.05) is 25.1 Å². The lowest BCUT2D eigenvalue weighted by Crippen LogP contribution is -1.94. The van der Waals surface area contributed by atoms with Crippen LogP contribution in [-0.2, 0) is 6.42 Å². The Morgan fingerprint density at radius 1 is 1.36 bits per heavy atom. The molecule has 1 aromatic heterocycles. The van der Waals surface area contributed by atoms with Gasteiger partial charge in [-0.05, 0) is 40.8 Å². The Bertz CT molecular complexity index is 485. The van der Waals surface area contributed by atoms with Crippen LogP contribution in [0.2, 0.25) is 5.15 Å². The van der Waals surface area contributed by atoms with Crippen molar-refractivity contribution in [2.75, 3.05) is 0 Å². The number of nitrogens with zero attached hydrogens (tertiary/aromatic N) is 2. The molecule has 0 atom stereocenters. The second-order valence-electron chi connectivity index (χ2n) is 2.95. The van der Waals surface area contributed by atoms with Crippen LogP contribution in [0, 0.1) is 3.57 Å². The fourth-order valence-electron chi connectivity index (χ4n) is 1.27. The quantitative estimate of drug-likeness (QED) is 0.594. The van der Waals surface area contributed by atoms with Crippen molar-refractivity contribution >= 4 is 45.1 Å². The normalized spacial score (nSPS) is 10.8. The fourth-order valence-corrected chi connectivity index (χ4v) is 2.01. The molecular weight excluding hydrogens is 310 g/mol. The third-order valence-corrected chi connectivity index (χ3v) is 2.93. The van der Waals surface area contributed by atoms with Crippen molar-refractivity contribution in [3.63, 3.8) is 0 Å². The maximum atomic E-state index is 6.06. The van der Waals surface area contributed by atoms with Gasteiger partial charge >= 0.3 is 0 Å². The van der Waals surface area contributed by atoms with E-state index in [0.717, 1.165) is 26.7 Å². The Morgan fingerprint density at radius 2 is 2.14 bits per heavy atom. The summed E-state index contributed by atoms with van der Waals surface area (Å²) in [5.41, 5.74) is 0.919. The molecule has 0 bridgehead atoms. The average molecular weight is 319 g/mol. The highest BCUT2D eigenvalue weighted by molar-refractivity contribution is 14.1. The van der Waals surface area contributed by atoms with Crippen molar-refractivity contribution in [2.45, 2.75) is 13.3 Å². The van der Waals surface area contributed by atoms with Crippen LogP contribution in [-0.4, -0.2) is 9.97 Å². The SMILES string of the molecule is CCc1nc(Cl)c2cc(I)ccc2n1. The van der Waals surface area contributed by atoms with Crippen LogP contribution >= 0.6 is 34.2 Å². The van der Waals surface area contributed by atoms with Crippen LogP contribution in [0.1, 0.15) is 12.7 Å². The van der Waals surface area contributed by atoms with Crippen molar-refractivity contribution in [3.8, 4) is 0 Å². The van der Waals surface area contributed by atoms with E-state index < -0.39 is 0 Å². The van der Waals surface area contributed by atoms with Gasteiger partial charge in [0.2, 0.25) is 0 Å². The van der Waals surface area contributed by atoms with E-state index in [2.05, 4.69) is 32.6 Å². The lowest BCUT2D eigenvalue weighted by molar-refractivity contribution is 0.961. The van der Waals surface area contributed by atoms with Gasteiger partial charge in [0, 0.05) is 15.4 Å². The van der Waals surface area contributed by atoms with Crippen LogP contribution in [0.3, 0.4) is 0 Å². The lowest BCUT2D eigenvalue weighted by Gasteiger charge is -2.02. The van der Waals surface area contributed by atoms with Crippen molar-refractivity contribution in [2.24, 2.45) is 0 Å². The topological polar surface area (TPSA) is 25.8 Å². The Morgan fingerprint density at radius 3 is 2.86 bits per heavy atom. The molecule has 0 aliphatic heterocycles. The van der Waals surface area contributed by atoms with Crippen LogP contribution in [0.25, 0.3) is 10.9 Å². The second kappa shape index (κ2) is 3.98. The van der Waals surface area contributed by atoms with E-state index in [0.29, 0.717) is 5.15 Å². The van der Waals surface area contributed by atoms with Gasteiger partial charge in [-0.3, -0.25) is 0 Å². The summed E-state index contributed by atoms with van der Waals surface area (Å²) in [6.45, 7) is 2.02. The third kappa shape index (κ3) is 1.83. The number of aryl methyl sites for hydroxylation is 1. The predicted molar refractivity (Wildman–Crippen MR) is 66.6 cm³/mol. The molecule has 0 saturated carbocycles. The Balaban J connectivity index is 2.76. The summed E-state index contributed by atoms with van der Waals surface area (Å²) in [6.07, 6.45) is 0.807. The van der Waals surface area contributed by atoms with Gasteiger partial charge in [0.05, 0.1) is 5.52 Å². The van der Waals surface area contributed by atoms with Gasteiger partial charge in [0.15, 0.2) is 0 Å². The molecule has 2 aromatic rings. The van der Waals surface area contributed by atoms with Gasteiger partial charge in [-0.15, -0.1) is 0 Å². The van der Waals surface area contributed by atoms with Crippen LogP contribution in [0.15, 0.2) is 18.2 Å².